The number of rotatable bonds is 2. The maximum Gasteiger partial charge on any atom is 0.0757 e. The summed E-state index contributed by atoms with van der Waals surface area (Å²) in [7, 11) is 0. The molecule has 2 N–H and O–H groups in total. The van der Waals surface area contributed by atoms with Gasteiger partial charge in [-0.1, -0.05) is 18.2 Å². The second-order valence-corrected chi connectivity index (χ2v) is 5.82. The number of ether oxygens (including phenoxy) is 1. The van der Waals surface area contributed by atoms with Crippen molar-refractivity contribution in [2.24, 2.45) is 5.73 Å². The van der Waals surface area contributed by atoms with Crippen LogP contribution in [0.3, 0.4) is 0 Å². The van der Waals surface area contributed by atoms with Crippen LogP contribution < -0.4 is 10.6 Å². The summed E-state index contributed by atoms with van der Waals surface area (Å²) in [6.07, 6.45) is 5.98. The molecular formula is C16H24N2O. The molecule has 0 radical (unpaired) electrons. The average Bonchev–Trinajstić information content (AvgIpc) is 2.70. The Morgan fingerprint density at radius 2 is 2.11 bits per heavy atom. The van der Waals surface area contributed by atoms with E-state index in [0.29, 0.717) is 6.54 Å². The summed E-state index contributed by atoms with van der Waals surface area (Å²) in [5, 5.41) is 0. The fourth-order valence-corrected chi connectivity index (χ4v) is 3.51. The smallest absolute Gasteiger partial charge is 0.0757 e. The van der Waals surface area contributed by atoms with Crippen LogP contribution in [0, 0.1) is 0 Å². The lowest BCUT2D eigenvalue weighted by Crippen LogP contribution is -2.59. The molecule has 1 saturated heterocycles. The highest BCUT2D eigenvalue weighted by atomic mass is 16.5. The first-order valence-electron chi connectivity index (χ1n) is 7.49. The molecule has 0 saturated carbocycles. The topological polar surface area (TPSA) is 38.5 Å². The summed E-state index contributed by atoms with van der Waals surface area (Å²) in [4.78, 5) is 2.55. The van der Waals surface area contributed by atoms with Crippen molar-refractivity contribution in [1.29, 1.82) is 0 Å². The van der Waals surface area contributed by atoms with Crippen molar-refractivity contribution in [3.63, 3.8) is 0 Å². The number of anilines is 1. The Hall–Kier alpha value is -1.06. The van der Waals surface area contributed by atoms with Gasteiger partial charge in [0.05, 0.1) is 12.1 Å². The molecule has 1 atom stereocenters. The number of nitrogens with zero attached hydrogens (tertiary/aromatic N) is 1. The van der Waals surface area contributed by atoms with E-state index < -0.39 is 0 Å². The van der Waals surface area contributed by atoms with E-state index in [2.05, 4.69) is 29.2 Å². The molecule has 2 aliphatic rings. The third-order valence-corrected chi connectivity index (χ3v) is 4.61. The van der Waals surface area contributed by atoms with Crippen LogP contribution in [0.1, 0.15) is 31.2 Å². The Balaban J connectivity index is 1.98. The highest BCUT2D eigenvalue weighted by molar-refractivity contribution is 5.57. The van der Waals surface area contributed by atoms with Crippen LogP contribution in [-0.2, 0) is 11.2 Å². The van der Waals surface area contributed by atoms with Gasteiger partial charge in [-0.15, -0.1) is 0 Å². The maximum atomic E-state index is 6.16. The van der Waals surface area contributed by atoms with Gasteiger partial charge in [-0.25, -0.2) is 0 Å². The molecule has 104 valence electrons. The molecule has 0 amide bonds. The predicted molar refractivity (Wildman–Crippen MR) is 78.6 cm³/mol. The monoisotopic (exact) mass is 260 g/mol. The van der Waals surface area contributed by atoms with Crippen LogP contribution in [0.5, 0.6) is 0 Å². The van der Waals surface area contributed by atoms with E-state index in [4.69, 9.17) is 10.5 Å². The lowest BCUT2D eigenvalue weighted by Gasteiger charge is -2.47. The number of hydrogen-bond acceptors (Lipinski definition) is 3. The van der Waals surface area contributed by atoms with Crippen molar-refractivity contribution in [1.82, 2.24) is 0 Å². The van der Waals surface area contributed by atoms with E-state index in [0.717, 1.165) is 32.6 Å². The number of fused-ring (bicyclic) bond motifs is 1. The molecule has 0 bridgehead atoms. The Labute approximate surface area is 115 Å². The van der Waals surface area contributed by atoms with Gasteiger partial charge in [-0.3, -0.25) is 0 Å². The molecule has 3 nitrogen and oxygen atoms in total. The lowest BCUT2D eigenvalue weighted by molar-refractivity contribution is 0.0375. The van der Waals surface area contributed by atoms with E-state index in [-0.39, 0.29) is 5.54 Å². The Morgan fingerprint density at radius 1 is 1.21 bits per heavy atom. The average molecular weight is 260 g/mol. The first-order valence-corrected chi connectivity index (χ1v) is 7.49. The van der Waals surface area contributed by atoms with Gasteiger partial charge >= 0.3 is 0 Å². The van der Waals surface area contributed by atoms with Crippen LogP contribution in [-0.4, -0.2) is 31.8 Å². The molecule has 0 spiro atoms. The fourth-order valence-electron chi connectivity index (χ4n) is 3.51. The zero-order valence-electron chi connectivity index (χ0n) is 11.6. The molecule has 1 aromatic rings. The van der Waals surface area contributed by atoms with Gasteiger partial charge in [-0.2, -0.15) is 0 Å². The van der Waals surface area contributed by atoms with Gasteiger partial charge in [0.2, 0.25) is 0 Å². The van der Waals surface area contributed by atoms with Crippen molar-refractivity contribution in [3.05, 3.63) is 29.8 Å². The minimum absolute atomic E-state index is 0.0126. The number of nitrogens with two attached hydrogens (primary N) is 1. The van der Waals surface area contributed by atoms with Crippen LogP contribution in [0.4, 0.5) is 5.69 Å². The van der Waals surface area contributed by atoms with Crippen LogP contribution >= 0.6 is 0 Å². The van der Waals surface area contributed by atoms with Gasteiger partial charge in [0, 0.05) is 25.4 Å². The summed E-state index contributed by atoms with van der Waals surface area (Å²) in [6.45, 7) is 3.45. The summed E-state index contributed by atoms with van der Waals surface area (Å²) in [5.74, 6) is 0. The standard InChI is InChI=1S/C16H24N2O/c17-12-16(9-5-11-19-13-16)18-10-4-3-7-14-6-1-2-8-15(14)18/h1-2,6,8H,3-5,7,9-13,17H2. The predicted octanol–water partition coefficient (Wildman–Crippen LogP) is 2.34. The molecule has 0 aliphatic carbocycles. The van der Waals surface area contributed by atoms with Gasteiger partial charge in [0.25, 0.3) is 0 Å². The second kappa shape index (κ2) is 5.51. The summed E-state index contributed by atoms with van der Waals surface area (Å²) in [5.41, 5.74) is 9.02. The van der Waals surface area contributed by atoms with Crippen molar-refractivity contribution < 1.29 is 4.74 Å². The highest BCUT2D eigenvalue weighted by Gasteiger charge is 2.38. The van der Waals surface area contributed by atoms with E-state index in [1.807, 2.05) is 0 Å². The zero-order chi connectivity index (χ0) is 13.1. The molecular weight excluding hydrogens is 236 g/mol. The van der Waals surface area contributed by atoms with Crippen molar-refractivity contribution in [2.75, 3.05) is 31.2 Å². The Bertz CT molecular complexity index is 427. The highest BCUT2D eigenvalue weighted by Crippen LogP contribution is 2.35. The third-order valence-electron chi connectivity index (χ3n) is 4.61. The molecule has 1 aromatic carbocycles. The lowest BCUT2D eigenvalue weighted by atomic mass is 9.89. The fraction of sp³-hybridized carbons (Fsp3) is 0.625. The van der Waals surface area contributed by atoms with E-state index in [1.54, 1.807) is 0 Å². The SMILES string of the molecule is NCC1(N2CCCCc3ccccc32)CCCOC1. The van der Waals surface area contributed by atoms with Crippen LogP contribution in [0.25, 0.3) is 0 Å². The summed E-state index contributed by atoms with van der Waals surface area (Å²) < 4.78 is 5.76. The normalized spacial score (nSPS) is 27.7. The molecule has 3 heteroatoms. The third kappa shape index (κ3) is 2.37. The van der Waals surface area contributed by atoms with Crippen molar-refractivity contribution in [2.45, 2.75) is 37.6 Å². The van der Waals surface area contributed by atoms with Crippen LogP contribution in [0.2, 0.25) is 0 Å². The van der Waals surface area contributed by atoms with Gasteiger partial charge in [0.15, 0.2) is 0 Å². The number of hydrogen-bond donors (Lipinski definition) is 1. The first kappa shape index (κ1) is 12.9. The minimum atomic E-state index is 0.0126. The maximum absolute atomic E-state index is 6.16. The van der Waals surface area contributed by atoms with Gasteiger partial charge < -0.3 is 15.4 Å². The molecule has 1 unspecified atom stereocenters. The number of benzene rings is 1. The van der Waals surface area contributed by atoms with Crippen LogP contribution in [0.15, 0.2) is 24.3 Å². The van der Waals surface area contributed by atoms with Gasteiger partial charge in [-0.05, 0) is 43.7 Å². The van der Waals surface area contributed by atoms with E-state index in [9.17, 15) is 0 Å². The summed E-state index contributed by atoms with van der Waals surface area (Å²) in [6, 6.07) is 8.81. The second-order valence-electron chi connectivity index (χ2n) is 5.82. The molecule has 2 heterocycles. The van der Waals surface area contributed by atoms with Crippen molar-refractivity contribution in [3.8, 4) is 0 Å². The largest absolute Gasteiger partial charge is 0.379 e. The van der Waals surface area contributed by atoms with Gasteiger partial charge in [0.1, 0.15) is 0 Å². The van der Waals surface area contributed by atoms with Crippen molar-refractivity contribution >= 4 is 5.69 Å². The molecule has 0 aromatic heterocycles. The first-order chi connectivity index (χ1) is 9.36. The summed E-state index contributed by atoms with van der Waals surface area (Å²) >= 11 is 0. The number of para-hydroxylation sites is 1. The molecule has 3 rings (SSSR count). The molecule has 19 heavy (non-hydrogen) atoms. The molecule has 1 fully saturated rings. The Kier molecular flexibility index (Phi) is 3.76. The zero-order valence-corrected chi connectivity index (χ0v) is 11.6. The minimum Gasteiger partial charge on any atom is -0.379 e. The molecule has 2 aliphatic heterocycles. The van der Waals surface area contributed by atoms with E-state index >= 15 is 0 Å². The Morgan fingerprint density at radius 3 is 2.89 bits per heavy atom. The van der Waals surface area contributed by atoms with E-state index in [1.165, 1.54) is 30.5 Å². The quantitative estimate of drug-likeness (QED) is 0.887. The number of aryl methyl sites for hydroxylation is 1.